The van der Waals surface area contributed by atoms with Crippen LogP contribution in [0.2, 0.25) is 0 Å². The third-order valence-corrected chi connectivity index (χ3v) is 4.22. The molecule has 2 aliphatic heterocycles. The van der Waals surface area contributed by atoms with Crippen molar-refractivity contribution < 1.29 is 9.47 Å². The van der Waals surface area contributed by atoms with Crippen molar-refractivity contribution >= 4 is 11.6 Å². The number of aromatic nitrogens is 2. The number of rotatable bonds is 3. The number of hydrogen-bond acceptors (Lipinski definition) is 7. The lowest BCUT2D eigenvalue weighted by molar-refractivity contribution is 0.0660. The van der Waals surface area contributed by atoms with Gasteiger partial charge in [0, 0.05) is 31.5 Å². The largest absolute Gasteiger partial charge is 0.384 e. The van der Waals surface area contributed by atoms with Gasteiger partial charge in [0.05, 0.1) is 19.8 Å². The van der Waals surface area contributed by atoms with Crippen LogP contribution in [0.15, 0.2) is 6.33 Å². The van der Waals surface area contributed by atoms with Crippen LogP contribution in [0.5, 0.6) is 0 Å². The van der Waals surface area contributed by atoms with Gasteiger partial charge in [-0.2, -0.15) is 5.26 Å². The number of nitrogen functional groups attached to an aromatic ring is 1. The van der Waals surface area contributed by atoms with E-state index in [0.717, 1.165) is 19.7 Å². The van der Waals surface area contributed by atoms with Crippen molar-refractivity contribution in [3.63, 3.8) is 0 Å². The second kappa shape index (κ2) is 4.89. The van der Waals surface area contributed by atoms with E-state index in [1.807, 2.05) is 0 Å². The van der Waals surface area contributed by atoms with Crippen molar-refractivity contribution in [2.45, 2.75) is 0 Å². The Hall–Kier alpha value is -1.91. The molecule has 0 unspecified atom stereocenters. The first-order chi connectivity index (χ1) is 9.70. The third-order valence-electron chi connectivity index (χ3n) is 4.22. The number of nitriles is 1. The summed E-state index contributed by atoms with van der Waals surface area (Å²) >= 11 is 0. The molecule has 2 saturated heterocycles. The maximum Gasteiger partial charge on any atom is 0.152 e. The van der Waals surface area contributed by atoms with Crippen molar-refractivity contribution in [1.82, 2.24) is 9.97 Å². The maximum atomic E-state index is 9.24. The molecule has 2 aliphatic rings. The van der Waals surface area contributed by atoms with Gasteiger partial charge in [-0.1, -0.05) is 0 Å². The molecule has 2 N–H and O–H groups in total. The van der Waals surface area contributed by atoms with E-state index in [9.17, 15) is 5.26 Å². The van der Waals surface area contributed by atoms with Crippen molar-refractivity contribution in [3.8, 4) is 6.07 Å². The third kappa shape index (κ3) is 1.88. The molecule has 2 atom stereocenters. The number of ether oxygens (including phenoxy) is 2. The monoisotopic (exact) mass is 275 g/mol. The van der Waals surface area contributed by atoms with Crippen LogP contribution in [0.25, 0.3) is 0 Å². The van der Waals surface area contributed by atoms with Crippen LogP contribution in [0.4, 0.5) is 11.6 Å². The standard InChI is InChI=1S/C13H17N5O2/c1-19-6-13-5-18(3-9(13)4-20-7-13)12-10(2-14)11(15)16-8-17-12/h8-9H,3-7H2,1H3,(H2,15,16,17)/t9-,13-/m0/s1. The molecule has 7 nitrogen and oxygen atoms in total. The minimum Gasteiger partial charge on any atom is -0.384 e. The molecular formula is C13H17N5O2. The number of methoxy groups -OCH3 is 1. The van der Waals surface area contributed by atoms with Gasteiger partial charge in [-0.25, -0.2) is 9.97 Å². The Bertz CT molecular complexity index is 558. The number of hydrogen-bond donors (Lipinski definition) is 1. The summed E-state index contributed by atoms with van der Waals surface area (Å²) in [6.45, 7) is 3.62. The topological polar surface area (TPSA) is 97.3 Å². The molecule has 0 saturated carbocycles. The predicted molar refractivity (Wildman–Crippen MR) is 72.0 cm³/mol. The molecule has 20 heavy (non-hydrogen) atoms. The van der Waals surface area contributed by atoms with Gasteiger partial charge in [0.25, 0.3) is 0 Å². The summed E-state index contributed by atoms with van der Waals surface area (Å²) in [6.07, 6.45) is 1.40. The fourth-order valence-electron chi connectivity index (χ4n) is 3.22. The number of nitrogens with two attached hydrogens (primary N) is 1. The molecule has 106 valence electrons. The Morgan fingerprint density at radius 3 is 3.25 bits per heavy atom. The van der Waals surface area contributed by atoms with E-state index in [0.29, 0.717) is 30.5 Å². The van der Waals surface area contributed by atoms with Crippen LogP contribution in [-0.4, -0.2) is 50.0 Å². The van der Waals surface area contributed by atoms with E-state index in [1.165, 1.54) is 6.33 Å². The average Bonchev–Trinajstić information content (AvgIpc) is 2.95. The van der Waals surface area contributed by atoms with Gasteiger partial charge in [-0.3, -0.25) is 0 Å². The Morgan fingerprint density at radius 1 is 1.65 bits per heavy atom. The van der Waals surface area contributed by atoms with Crippen molar-refractivity contribution in [3.05, 3.63) is 11.9 Å². The molecule has 1 aromatic rings. The van der Waals surface area contributed by atoms with Gasteiger partial charge < -0.3 is 20.1 Å². The zero-order chi connectivity index (χ0) is 14.2. The summed E-state index contributed by atoms with van der Waals surface area (Å²) in [6, 6.07) is 2.10. The van der Waals surface area contributed by atoms with Crippen molar-refractivity contribution in [2.75, 3.05) is 50.7 Å². The van der Waals surface area contributed by atoms with Crippen LogP contribution in [0, 0.1) is 22.7 Å². The first-order valence-electron chi connectivity index (χ1n) is 6.52. The highest BCUT2D eigenvalue weighted by molar-refractivity contribution is 5.63. The van der Waals surface area contributed by atoms with E-state index in [-0.39, 0.29) is 11.2 Å². The van der Waals surface area contributed by atoms with E-state index < -0.39 is 0 Å². The number of fused-ring (bicyclic) bond motifs is 1. The normalized spacial score (nSPS) is 28.4. The highest BCUT2D eigenvalue weighted by atomic mass is 16.5. The van der Waals surface area contributed by atoms with E-state index in [4.69, 9.17) is 15.2 Å². The lowest BCUT2D eigenvalue weighted by atomic mass is 9.82. The van der Waals surface area contributed by atoms with Crippen LogP contribution in [-0.2, 0) is 9.47 Å². The molecule has 0 radical (unpaired) electrons. The highest BCUT2D eigenvalue weighted by Crippen LogP contribution is 2.43. The van der Waals surface area contributed by atoms with Gasteiger partial charge in [-0.05, 0) is 0 Å². The first kappa shape index (κ1) is 13.1. The summed E-state index contributed by atoms with van der Waals surface area (Å²) in [5.41, 5.74) is 6.09. The number of nitrogens with zero attached hydrogens (tertiary/aromatic N) is 4. The molecule has 0 bridgehead atoms. The lowest BCUT2D eigenvalue weighted by Crippen LogP contribution is -2.35. The lowest BCUT2D eigenvalue weighted by Gasteiger charge is -2.26. The zero-order valence-corrected chi connectivity index (χ0v) is 11.4. The fraction of sp³-hybridized carbons (Fsp3) is 0.615. The molecule has 2 fully saturated rings. The van der Waals surface area contributed by atoms with Crippen LogP contribution < -0.4 is 10.6 Å². The minimum absolute atomic E-state index is 0.0127. The first-order valence-corrected chi connectivity index (χ1v) is 6.52. The van der Waals surface area contributed by atoms with E-state index in [1.54, 1.807) is 7.11 Å². The molecule has 0 spiro atoms. The Kier molecular flexibility index (Phi) is 3.20. The fourth-order valence-corrected chi connectivity index (χ4v) is 3.22. The van der Waals surface area contributed by atoms with Crippen molar-refractivity contribution in [1.29, 1.82) is 5.26 Å². The second-order valence-corrected chi connectivity index (χ2v) is 5.46. The Labute approximate surface area is 117 Å². The smallest absolute Gasteiger partial charge is 0.152 e. The summed E-state index contributed by atoms with van der Waals surface area (Å²) < 4.78 is 11.0. The maximum absolute atomic E-state index is 9.24. The van der Waals surface area contributed by atoms with Crippen LogP contribution in [0.3, 0.4) is 0 Å². The summed E-state index contributed by atoms with van der Waals surface area (Å²) in [5.74, 6) is 1.24. The van der Waals surface area contributed by atoms with Gasteiger partial charge in [-0.15, -0.1) is 0 Å². The Balaban J connectivity index is 1.91. The molecular weight excluding hydrogens is 258 g/mol. The molecule has 0 amide bonds. The van der Waals surface area contributed by atoms with Gasteiger partial charge in [0.15, 0.2) is 5.82 Å². The average molecular weight is 275 g/mol. The van der Waals surface area contributed by atoms with E-state index >= 15 is 0 Å². The van der Waals surface area contributed by atoms with E-state index in [2.05, 4.69) is 20.9 Å². The summed E-state index contributed by atoms with van der Waals surface area (Å²) in [4.78, 5) is 10.2. The molecule has 3 heterocycles. The van der Waals surface area contributed by atoms with Crippen molar-refractivity contribution in [2.24, 2.45) is 11.3 Å². The van der Waals surface area contributed by atoms with Gasteiger partial charge in [0.1, 0.15) is 23.8 Å². The van der Waals surface area contributed by atoms with Crippen LogP contribution in [0.1, 0.15) is 5.56 Å². The van der Waals surface area contributed by atoms with Crippen LogP contribution >= 0.6 is 0 Å². The summed E-state index contributed by atoms with van der Waals surface area (Å²) in [7, 11) is 1.70. The molecule has 0 aliphatic carbocycles. The minimum atomic E-state index is -0.0127. The predicted octanol–water partition coefficient (Wildman–Crippen LogP) is 0.0297. The molecule has 7 heteroatoms. The highest BCUT2D eigenvalue weighted by Gasteiger charge is 2.51. The van der Waals surface area contributed by atoms with Gasteiger partial charge >= 0.3 is 0 Å². The number of anilines is 2. The summed E-state index contributed by atoms with van der Waals surface area (Å²) in [5, 5.41) is 9.24. The molecule has 1 aromatic heterocycles. The Morgan fingerprint density at radius 2 is 2.50 bits per heavy atom. The molecule has 3 rings (SSSR count). The quantitative estimate of drug-likeness (QED) is 0.831. The SMILES string of the molecule is COC[C@@]12COC[C@@H]1CN(c1ncnc(N)c1C#N)C2. The zero-order valence-electron chi connectivity index (χ0n) is 11.4. The van der Waals surface area contributed by atoms with Gasteiger partial charge in [0.2, 0.25) is 0 Å². The second-order valence-electron chi connectivity index (χ2n) is 5.46. The molecule has 0 aromatic carbocycles.